The van der Waals surface area contributed by atoms with E-state index >= 15 is 0 Å². The number of carbonyl (C=O) groups excluding carboxylic acids is 1. The zero-order chi connectivity index (χ0) is 17.0. The predicted molar refractivity (Wildman–Crippen MR) is 88.2 cm³/mol. The van der Waals surface area contributed by atoms with Gasteiger partial charge in [-0.3, -0.25) is 4.79 Å². The number of esters is 1. The first-order valence-electron chi connectivity index (χ1n) is 8.65. The summed E-state index contributed by atoms with van der Waals surface area (Å²) in [5, 5.41) is 0. The second-order valence-corrected chi connectivity index (χ2v) is 6.60. The van der Waals surface area contributed by atoms with Crippen LogP contribution >= 0.6 is 0 Å². The first-order valence-corrected chi connectivity index (χ1v) is 8.65. The van der Waals surface area contributed by atoms with Gasteiger partial charge in [-0.25, -0.2) is 0 Å². The first-order chi connectivity index (χ1) is 11.6. The van der Waals surface area contributed by atoms with Crippen LogP contribution in [0.4, 0.5) is 0 Å². The summed E-state index contributed by atoms with van der Waals surface area (Å²) >= 11 is 0. The van der Waals surface area contributed by atoms with Crippen molar-refractivity contribution in [2.45, 2.75) is 44.7 Å². The van der Waals surface area contributed by atoms with Crippen LogP contribution in [0.25, 0.3) is 0 Å². The molecule has 0 N–H and O–H groups in total. The Morgan fingerprint density at radius 1 is 1.29 bits per heavy atom. The minimum atomic E-state index is -0.636. The number of rotatable bonds is 6. The molecule has 0 amide bonds. The Morgan fingerprint density at radius 2 is 2.00 bits per heavy atom. The quantitative estimate of drug-likeness (QED) is 0.749. The normalized spacial score (nSPS) is 26.6. The van der Waals surface area contributed by atoms with Gasteiger partial charge in [-0.1, -0.05) is 30.3 Å². The van der Waals surface area contributed by atoms with E-state index in [0.717, 1.165) is 18.4 Å². The monoisotopic (exact) mass is 334 g/mol. The van der Waals surface area contributed by atoms with Crippen LogP contribution in [0.1, 0.15) is 31.7 Å². The molecular formula is C19H26O5. The topological polar surface area (TPSA) is 54.0 Å². The fourth-order valence-corrected chi connectivity index (χ4v) is 3.97. The molecule has 0 aromatic heterocycles. The van der Waals surface area contributed by atoms with E-state index in [9.17, 15) is 4.79 Å². The zero-order valence-electron chi connectivity index (χ0n) is 14.4. The van der Waals surface area contributed by atoms with E-state index in [2.05, 4.69) is 19.1 Å². The van der Waals surface area contributed by atoms with Gasteiger partial charge in [0.1, 0.15) is 0 Å². The minimum absolute atomic E-state index is 0.0204. The summed E-state index contributed by atoms with van der Waals surface area (Å²) in [4.78, 5) is 11.9. The van der Waals surface area contributed by atoms with Gasteiger partial charge in [0.25, 0.3) is 0 Å². The predicted octanol–water partition coefficient (Wildman–Crippen LogP) is 2.92. The van der Waals surface area contributed by atoms with E-state index < -0.39 is 5.79 Å². The number of ether oxygens (including phenoxy) is 4. The molecule has 1 aliphatic heterocycles. The second kappa shape index (κ2) is 7.64. The number of carbonyl (C=O) groups is 1. The SMILES string of the molecule is COC(=O)C[C@@H]1[C@@H]([C@@H](C)OCc2ccccc2)CCC12OCCO2. The molecule has 0 radical (unpaired) electrons. The van der Waals surface area contributed by atoms with Crippen LogP contribution < -0.4 is 0 Å². The average molecular weight is 334 g/mol. The Bertz CT molecular complexity index is 538. The third-order valence-electron chi connectivity index (χ3n) is 5.26. The molecule has 2 aliphatic rings. The third kappa shape index (κ3) is 3.63. The van der Waals surface area contributed by atoms with Crippen LogP contribution in [-0.2, 0) is 30.3 Å². The van der Waals surface area contributed by atoms with Crippen LogP contribution in [0.5, 0.6) is 0 Å². The van der Waals surface area contributed by atoms with Crippen molar-refractivity contribution >= 4 is 5.97 Å². The maximum Gasteiger partial charge on any atom is 0.306 e. The van der Waals surface area contributed by atoms with Crippen molar-refractivity contribution in [2.75, 3.05) is 20.3 Å². The maximum absolute atomic E-state index is 11.9. The van der Waals surface area contributed by atoms with Gasteiger partial charge < -0.3 is 18.9 Å². The maximum atomic E-state index is 11.9. The summed E-state index contributed by atoms with van der Waals surface area (Å²) in [5.74, 6) is -0.673. The molecule has 5 heteroatoms. The summed E-state index contributed by atoms with van der Waals surface area (Å²) in [6.45, 7) is 3.82. The summed E-state index contributed by atoms with van der Waals surface area (Å²) in [6.07, 6.45) is 2.06. The molecule has 0 bridgehead atoms. The highest BCUT2D eigenvalue weighted by atomic mass is 16.7. The fourth-order valence-electron chi connectivity index (χ4n) is 3.97. The molecule has 1 aliphatic carbocycles. The standard InChI is InChI=1S/C19H26O5/c1-14(22-13-15-6-4-3-5-7-15)16-8-9-19(23-10-11-24-19)17(16)12-18(20)21-2/h3-7,14,16-17H,8-13H2,1-2H3/t14-,16-,17-/m1/s1. The van der Waals surface area contributed by atoms with Gasteiger partial charge in [0.2, 0.25) is 0 Å². The van der Waals surface area contributed by atoms with Gasteiger partial charge in [0, 0.05) is 12.3 Å². The van der Waals surface area contributed by atoms with E-state index in [0.29, 0.717) is 26.2 Å². The van der Waals surface area contributed by atoms with Gasteiger partial charge in [-0.2, -0.15) is 0 Å². The minimum Gasteiger partial charge on any atom is -0.469 e. The number of hydrogen-bond donors (Lipinski definition) is 0. The summed E-state index contributed by atoms with van der Waals surface area (Å²) < 4.78 is 22.8. The molecule has 1 aromatic rings. The van der Waals surface area contributed by atoms with Crippen molar-refractivity contribution in [2.24, 2.45) is 11.8 Å². The lowest BCUT2D eigenvalue weighted by Gasteiger charge is -2.33. The second-order valence-electron chi connectivity index (χ2n) is 6.60. The van der Waals surface area contributed by atoms with Crippen LogP contribution in [-0.4, -0.2) is 38.2 Å². The van der Waals surface area contributed by atoms with E-state index in [4.69, 9.17) is 18.9 Å². The molecule has 132 valence electrons. The molecule has 3 rings (SSSR count). The smallest absolute Gasteiger partial charge is 0.306 e. The third-order valence-corrected chi connectivity index (χ3v) is 5.26. The molecule has 3 atom stereocenters. The lowest BCUT2D eigenvalue weighted by atomic mass is 9.86. The Morgan fingerprint density at radius 3 is 2.67 bits per heavy atom. The zero-order valence-corrected chi connectivity index (χ0v) is 14.4. The number of benzene rings is 1. The van der Waals surface area contributed by atoms with E-state index in [1.807, 2.05) is 18.2 Å². The Kier molecular flexibility index (Phi) is 5.54. The van der Waals surface area contributed by atoms with Crippen LogP contribution in [0.2, 0.25) is 0 Å². The molecular weight excluding hydrogens is 308 g/mol. The Hall–Kier alpha value is -1.43. The van der Waals surface area contributed by atoms with Gasteiger partial charge >= 0.3 is 5.97 Å². The van der Waals surface area contributed by atoms with Crippen molar-refractivity contribution in [1.29, 1.82) is 0 Å². The van der Waals surface area contributed by atoms with Gasteiger partial charge in [-0.15, -0.1) is 0 Å². The van der Waals surface area contributed by atoms with Crippen molar-refractivity contribution in [1.82, 2.24) is 0 Å². The fraction of sp³-hybridized carbons (Fsp3) is 0.632. The summed E-state index contributed by atoms with van der Waals surface area (Å²) in [6, 6.07) is 10.1. The lowest BCUT2D eigenvalue weighted by Crippen LogP contribution is -2.40. The molecule has 2 fully saturated rings. The Labute approximate surface area is 143 Å². The van der Waals surface area contributed by atoms with E-state index in [1.54, 1.807) is 0 Å². The van der Waals surface area contributed by atoms with Crippen LogP contribution in [0.3, 0.4) is 0 Å². The molecule has 1 saturated carbocycles. The number of methoxy groups -OCH3 is 1. The molecule has 24 heavy (non-hydrogen) atoms. The van der Waals surface area contributed by atoms with Crippen molar-refractivity contribution in [3.05, 3.63) is 35.9 Å². The van der Waals surface area contributed by atoms with Gasteiger partial charge in [0.05, 0.1) is 39.5 Å². The van der Waals surface area contributed by atoms with Gasteiger partial charge in [-0.05, 0) is 24.8 Å². The average Bonchev–Trinajstić information content (AvgIpc) is 3.22. The Balaban J connectivity index is 1.66. The van der Waals surface area contributed by atoms with Crippen LogP contribution in [0, 0.1) is 11.8 Å². The largest absolute Gasteiger partial charge is 0.469 e. The summed E-state index contributed by atoms with van der Waals surface area (Å²) in [5.41, 5.74) is 1.15. The molecule has 0 unspecified atom stereocenters. The molecule has 5 nitrogen and oxygen atoms in total. The highest BCUT2D eigenvalue weighted by Gasteiger charge is 2.54. The lowest BCUT2D eigenvalue weighted by molar-refractivity contribution is -0.197. The van der Waals surface area contributed by atoms with Crippen molar-refractivity contribution in [3.8, 4) is 0 Å². The van der Waals surface area contributed by atoms with E-state index in [1.165, 1.54) is 7.11 Å². The summed E-state index contributed by atoms with van der Waals surface area (Å²) in [7, 11) is 1.42. The number of hydrogen-bond acceptors (Lipinski definition) is 5. The molecule has 1 saturated heterocycles. The van der Waals surface area contributed by atoms with E-state index in [-0.39, 0.29) is 23.9 Å². The molecule has 1 spiro atoms. The van der Waals surface area contributed by atoms with Crippen molar-refractivity contribution in [3.63, 3.8) is 0 Å². The molecule has 1 heterocycles. The van der Waals surface area contributed by atoms with Crippen molar-refractivity contribution < 1.29 is 23.7 Å². The van der Waals surface area contributed by atoms with Crippen LogP contribution in [0.15, 0.2) is 30.3 Å². The highest BCUT2D eigenvalue weighted by molar-refractivity contribution is 5.69. The molecule has 1 aromatic carbocycles. The van der Waals surface area contributed by atoms with Gasteiger partial charge in [0.15, 0.2) is 5.79 Å². The highest BCUT2D eigenvalue weighted by Crippen LogP contribution is 2.49. The first kappa shape index (κ1) is 17.4.